The zero-order valence-electron chi connectivity index (χ0n) is 11.0. The average Bonchev–Trinajstić information content (AvgIpc) is 2.37. The molecule has 0 bridgehead atoms. The number of primary amides is 1. The maximum atomic E-state index is 13.5. The lowest BCUT2D eigenvalue weighted by Crippen LogP contribution is -2.37. The minimum absolute atomic E-state index is 0.000870. The Kier molecular flexibility index (Phi) is 5.44. The van der Waals surface area contributed by atoms with Gasteiger partial charge in [-0.15, -0.1) is 0 Å². The summed E-state index contributed by atoms with van der Waals surface area (Å²) < 4.78 is 18.3. The molecule has 1 aromatic carbocycles. The van der Waals surface area contributed by atoms with Crippen LogP contribution >= 0.6 is 0 Å². The number of carbonyl (C=O) groups excluding carboxylic acids is 2. The Morgan fingerprint density at radius 1 is 1.37 bits per heavy atom. The molecule has 0 aliphatic heterocycles. The second-order valence-electron chi connectivity index (χ2n) is 4.04. The number of methoxy groups -OCH3 is 1. The first-order valence-electron chi connectivity index (χ1n) is 5.85. The number of ketones is 1. The Labute approximate surface area is 111 Å². The van der Waals surface area contributed by atoms with Gasteiger partial charge in [0.2, 0.25) is 5.91 Å². The minimum Gasteiger partial charge on any atom is -0.494 e. The van der Waals surface area contributed by atoms with Crippen LogP contribution < -0.4 is 10.5 Å². The predicted octanol–water partition coefficient (Wildman–Crippen LogP) is 0.824. The van der Waals surface area contributed by atoms with Gasteiger partial charge in [0.1, 0.15) is 0 Å². The van der Waals surface area contributed by atoms with Crippen LogP contribution in [0.2, 0.25) is 0 Å². The molecule has 0 fully saturated rings. The smallest absolute Gasteiger partial charge is 0.231 e. The van der Waals surface area contributed by atoms with E-state index in [0.717, 1.165) is 6.07 Å². The van der Waals surface area contributed by atoms with Gasteiger partial charge in [0.15, 0.2) is 17.3 Å². The van der Waals surface area contributed by atoms with Crippen LogP contribution in [0, 0.1) is 5.82 Å². The van der Waals surface area contributed by atoms with Crippen LogP contribution in [0.3, 0.4) is 0 Å². The highest BCUT2D eigenvalue weighted by molar-refractivity contribution is 5.98. The van der Waals surface area contributed by atoms with Crippen molar-refractivity contribution in [2.45, 2.75) is 6.92 Å². The van der Waals surface area contributed by atoms with E-state index in [0.29, 0.717) is 6.54 Å². The van der Waals surface area contributed by atoms with Crippen LogP contribution in [-0.2, 0) is 4.79 Å². The third kappa shape index (κ3) is 4.33. The fourth-order valence-electron chi connectivity index (χ4n) is 1.63. The van der Waals surface area contributed by atoms with E-state index >= 15 is 0 Å². The summed E-state index contributed by atoms with van der Waals surface area (Å²) >= 11 is 0. The number of ether oxygens (including phenoxy) is 1. The average molecular weight is 268 g/mol. The van der Waals surface area contributed by atoms with Crippen molar-refractivity contribution in [2.75, 3.05) is 26.7 Å². The van der Waals surface area contributed by atoms with Crippen molar-refractivity contribution >= 4 is 11.7 Å². The summed E-state index contributed by atoms with van der Waals surface area (Å²) in [6, 6.07) is 4.01. The van der Waals surface area contributed by atoms with Crippen LogP contribution in [-0.4, -0.2) is 43.3 Å². The second kappa shape index (κ2) is 6.84. The van der Waals surface area contributed by atoms with Gasteiger partial charge in [0, 0.05) is 5.56 Å². The molecule has 0 unspecified atom stereocenters. The maximum absolute atomic E-state index is 13.5. The summed E-state index contributed by atoms with van der Waals surface area (Å²) in [6.07, 6.45) is 0. The monoisotopic (exact) mass is 268 g/mol. The molecule has 0 aliphatic rings. The Hall–Kier alpha value is -1.95. The molecular weight excluding hydrogens is 251 g/mol. The third-order valence-corrected chi connectivity index (χ3v) is 2.67. The zero-order valence-corrected chi connectivity index (χ0v) is 11.0. The number of Topliss-reactive ketones (excluding diaryl/α,β-unsaturated/α-hetero) is 1. The van der Waals surface area contributed by atoms with Gasteiger partial charge in [-0.1, -0.05) is 6.92 Å². The number of hydrogen-bond acceptors (Lipinski definition) is 4. The molecule has 1 aromatic rings. The molecule has 0 aliphatic carbocycles. The van der Waals surface area contributed by atoms with Gasteiger partial charge in [0.05, 0.1) is 20.2 Å². The van der Waals surface area contributed by atoms with Crippen molar-refractivity contribution in [3.8, 4) is 5.75 Å². The largest absolute Gasteiger partial charge is 0.494 e. The van der Waals surface area contributed by atoms with Crippen molar-refractivity contribution in [1.82, 2.24) is 4.90 Å². The van der Waals surface area contributed by atoms with E-state index in [9.17, 15) is 14.0 Å². The number of rotatable bonds is 7. The first kappa shape index (κ1) is 15.1. The van der Waals surface area contributed by atoms with Crippen LogP contribution in [0.25, 0.3) is 0 Å². The van der Waals surface area contributed by atoms with E-state index in [1.807, 2.05) is 6.92 Å². The van der Waals surface area contributed by atoms with Gasteiger partial charge in [-0.05, 0) is 24.7 Å². The molecule has 2 N–H and O–H groups in total. The molecule has 1 amide bonds. The molecule has 6 heteroatoms. The van der Waals surface area contributed by atoms with Crippen LogP contribution in [0.1, 0.15) is 17.3 Å². The number of amides is 1. The van der Waals surface area contributed by atoms with Gasteiger partial charge in [-0.3, -0.25) is 14.5 Å². The second-order valence-corrected chi connectivity index (χ2v) is 4.04. The molecule has 0 saturated heterocycles. The molecule has 0 spiro atoms. The number of benzene rings is 1. The number of carbonyl (C=O) groups is 2. The Morgan fingerprint density at radius 3 is 2.53 bits per heavy atom. The molecule has 0 heterocycles. The van der Waals surface area contributed by atoms with Crippen molar-refractivity contribution in [3.05, 3.63) is 29.6 Å². The molecule has 0 saturated carbocycles. The van der Waals surface area contributed by atoms with E-state index in [1.54, 1.807) is 4.90 Å². The highest BCUT2D eigenvalue weighted by atomic mass is 19.1. The lowest BCUT2D eigenvalue weighted by Gasteiger charge is -2.17. The van der Waals surface area contributed by atoms with E-state index in [-0.39, 0.29) is 30.2 Å². The highest BCUT2D eigenvalue weighted by Gasteiger charge is 2.14. The Balaban J connectivity index is 2.77. The predicted molar refractivity (Wildman–Crippen MR) is 68.6 cm³/mol. The highest BCUT2D eigenvalue weighted by Crippen LogP contribution is 2.18. The van der Waals surface area contributed by atoms with Crippen LogP contribution in [0.4, 0.5) is 4.39 Å². The lowest BCUT2D eigenvalue weighted by molar-refractivity contribution is -0.118. The van der Waals surface area contributed by atoms with Crippen molar-refractivity contribution in [1.29, 1.82) is 0 Å². The standard InChI is InChI=1S/C13H17FN2O3/c1-3-16(8-13(15)18)7-11(17)9-4-5-12(19-2)10(14)6-9/h4-6H,3,7-8H2,1-2H3,(H2,15,18). The van der Waals surface area contributed by atoms with E-state index < -0.39 is 11.7 Å². The van der Waals surface area contributed by atoms with Gasteiger partial charge < -0.3 is 10.5 Å². The molecule has 19 heavy (non-hydrogen) atoms. The molecule has 1 rings (SSSR count). The van der Waals surface area contributed by atoms with Crippen molar-refractivity contribution < 1.29 is 18.7 Å². The van der Waals surface area contributed by atoms with Crippen molar-refractivity contribution in [2.24, 2.45) is 5.73 Å². The Bertz CT molecular complexity index is 477. The number of hydrogen-bond donors (Lipinski definition) is 1. The van der Waals surface area contributed by atoms with Crippen molar-refractivity contribution in [3.63, 3.8) is 0 Å². The summed E-state index contributed by atoms with van der Waals surface area (Å²) in [5.74, 6) is -1.28. The summed E-state index contributed by atoms with van der Waals surface area (Å²) in [5, 5.41) is 0. The molecule has 0 atom stereocenters. The van der Waals surface area contributed by atoms with E-state index in [4.69, 9.17) is 10.5 Å². The topological polar surface area (TPSA) is 72.6 Å². The lowest BCUT2D eigenvalue weighted by atomic mass is 10.1. The van der Waals surface area contributed by atoms with E-state index in [2.05, 4.69) is 0 Å². The Morgan fingerprint density at radius 2 is 2.05 bits per heavy atom. The fraction of sp³-hybridized carbons (Fsp3) is 0.385. The molecule has 0 radical (unpaired) electrons. The summed E-state index contributed by atoms with van der Waals surface area (Å²) in [7, 11) is 1.35. The number of nitrogens with zero attached hydrogens (tertiary/aromatic N) is 1. The number of halogens is 1. The van der Waals surface area contributed by atoms with E-state index in [1.165, 1.54) is 19.2 Å². The van der Waals surface area contributed by atoms with Gasteiger partial charge >= 0.3 is 0 Å². The first-order valence-corrected chi connectivity index (χ1v) is 5.85. The van der Waals surface area contributed by atoms with Crippen LogP contribution in [0.15, 0.2) is 18.2 Å². The van der Waals surface area contributed by atoms with Gasteiger partial charge in [-0.2, -0.15) is 0 Å². The van der Waals surface area contributed by atoms with Gasteiger partial charge in [-0.25, -0.2) is 4.39 Å². The van der Waals surface area contributed by atoms with Gasteiger partial charge in [0.25, 0.3) is 0 Å². The molecule has 5 nitrogen and oxygen atoms in total. The summed E-state index contributed by atoms with van der Waals surface area (Å²) in [4.78, 5) is 24.4. The number of likely N-dealkylation sites (N-methyl/N-ethyl adjacent to an activating group) is 1. The third-order valence-electron chi connectivity index (χ3n) is 2.67. The zero-order chi connectivity index (χ0) is 14.4. The SMILES string of the molecule is CCN(CC(N)=O)CC(=O)c1ccc(OC)c(F)c1. The molecule has 104 valence electrons. The van der Waals surface area contributed by atoms with Crippen LogP contribution in [0.5, 0.6) is 5.75 Å². The summed E-state index contributed by atoms with van der Waals surface area (Å²) in [6.45, 7) is 2.34. The quantitative estimate of drug-likeness (QED) is 0.743. The maximum Gasteiger partial charge on any atom is 0.231 e. The minimum atomic E-state index is -0.591. The molecular formula is C13H17FN2O3. The number of nitrogens with two attached hydrogens (primary N) is 1. The normalized spacial score (nSPS) is 10.5. The first-order chi connectivity index (χ1) is 8.97. The fourth-order valence-corrected chi connectivity index (χ4v) is 1.63. The summed E-state index contributed by atoms with van der Waals surface area (Å²) in [5.41, 5.74) is 5.31. The molecule has 0 aromatic heterocycles.